The van der Waals surface area contributed by atoms with Crippen molar-refractivity contribution in [2.75, 3.05) is 5.32 Å². The summed E-state index contributed by atoms with van der Waals surface area (Å²) in [4.78, 5) is 28.7. The Hall–Kier alpha value is -3.50. The van der Waals surface area contributed by atoms with Gasteiger partial charge in [0.25, 0.3) is 5.91 Å². The molecule has 0 bridgehead atoms. The van der Waals surface area contributed by atoms with Gasteiger partial charge in [0.1, 0.15) is 5.01 Å². The van der Waals surface area contributed by atoms with Gasteiger partial charge in [-0.2, -0.15) is 5.26 Å². The average molecular weight is 377 g/mol. The summed E-state index contributed by atoms with van der Waals surface area (Å²) in [7, 11) is 0. The Balaban J connectivity index is 1.60. The Kier molecular flexibility index (Phi) is 5.59. The van der Waals surface area contributed by atoms with Crippen molar-refractivity contribution < 1.29 is 14.3 Å². The van der Waals surface area contributed by atoms with Crippen LogP contribution in [-0.2, 0) is 9.53 Å². The summed E-state index contributed by atoms with van der Waals surface area (Å²) in [6.07, 6.45) is -0.991. The second-order valence-electron chi connectivity index (χ2n) is 5.63. The second-order valence-corrected chi connectivity index (χ2v) is 6.49. The fourth-order valence-electron chi connectivity index (χ4n) is 2.23. The summed E-state index contributed by atoms with van der Waals surface area (Å²) in [6, 6.07) is 17.9. The van der Waals surface area contributed by atoms with Crippen molar-refractivity contribution in [1.29, 1.82) is 5.26 Å². The Labute approximate surface area is 160 Å². The lowest BCUT2D eigenvalue weighted by atomic mass is 10.2. The van der Waals surface area contributed by atoms with Crippen LogP contribution in [0.15, 0.2) is 60.0 Å². The molecule has 0 radical (unpaired) electrons. The molecule has 0 saturated carbocycles. The van der Waals surface area contributed by atoms with Crippen molar-refractivity contribution in [2.24, 2.45) is 0 Å². The molecule has 0 unspecified atom stereocenters. The van der Waals surface area contributed by atoms with E-state index in [2.05, 4.69) is 10.3 Å². The molecule has 1 N–H and O–H groups in total. The van der Waals surface area contributed by atoms with Gasteiger partial charge in [0.2, 0.25) is 0 Å². The van der Waals surface area contributed by atoms with E-state index >= 15 is 0 Å². The van der Waals surface area contributed by atoms with E-state index in [1.807, 2.05) is 36.4 Å². The van der Waals surface area contributed by atoms with Crippen molar-refractivity contribution >= 4 is 28.9 Å². The highest BCUT2D eigenvalue weighted by Gasteiger charge is 2.21. The van der Waals surface area contributed by atoms with Gasteiger partial charge < -0.3 is 10.1 Å². The first kappa shape index (κ1) is 18.3. The van der Waals surface area contributed by atoms with Crippen molar-refractivity contribution in [3.05, 3.63) is 71.2 Å². The monoisotopic (exact) mass is 377 g/mol. The molecule has 1 heterocycles. The zero-order valence-electron chi connectivity index (χ0n) is 14.4. The summed E-state index contributed by atoms with van der Waals surface area (Å²) in [5, 5.41) is 13.7. The van der Waals surface area contributed by atoms with Gasteiger partial charge >= 0.3 is 5.97 Å². The normalized spacial score (nSPS) is 11.3. The van der Waals surface area contributed by atoms with Crippen LogP contribution in [0.5, 0.6) is 0 Å². The first-order valence-electron chi connectivity index (χ1n) is 8.10. The number of carbonyl (C=O) groups excluding carboxylic acids is 2. The quantitative estimate of drug-likeness (QED) is 0.682. The molecule has 1 amide bonds. The predicted octanol–water partition coefficient (Wildman–Crippen LogP) is 3.87. The standard InChI is InChI=1S/C20H15N3O3S/c1-13(18(24)22-16-9-7-14(11-21)8-10-16)26-20(25)17-12-27-19(23-17)15-5-3-2-4-6-15/h2-10,12-13H,1H3,(H,22,24)/t13-/m0/s1. The van der Waals surface area contributed by atoms with Crippen molar-refractivity contribution in [2.45, 2.75) is 13.0 Å². The zero-order chi connectivity index (χ0) is 19.2. The summed E-state index contributed by atoms with van der Waals surface area (Å²) < 4.78 is 5.21. The third kappa shape index (κ3) is 4.57. The first-order valence-corrected chi connectivity index (χ1v) is 8.98. The molecule has 0 fully saturated rings. The Morgan fingerprint density at radius 3 is 2.52 bits per heavy atom. The fourth-order valence-corrected chi connectivity index (χ4v) is 3.02. The Bertz CT molecular complexity index is 991. The number of anilines is 1. The number of nitriles is 1. The van der Waals surface area contributed by atoms with Crippen LogP contribution >= 0.6 is 11.3 Å². The molecule has 0 aliphatic heterocycles. The fraction of sp³-hybridized carbons (Fsp3) is 0.100. The van der Waals surface area contributed by atoms with E-state index in [9.17, 15) is 9.59 Å². The largest absolute Gasteiger partial charge is 0.448 e. The predicted molar refractivity (Wildman–Crippen MR) is 102 cm³/mol. The molecule has 3 aromatic rings. The Morgan fingerprint density at radius 1 is 1.15 bits per heavy atom. The molecule has 0 saturated heterocycles. The number of hydrogen-bond donors (Lipinski definition) is 1. The SMILES string of the molecule is C[C@H](OC(=O)c1csc(-c2ccccc2)n1)C(=O)Nc1ccc(C#N)cc1. The number of amides is 1. The lowest BCUT2D eigenvalue weighted by molar-refractivity contribution is -0.123. The molecule has 1 atom stereocenters. The molecule has 3 rings (SSSR count). The molecule has 1 aromatic heterocycles. The van der Waals surface area contributed by atoms with Crippen LogP contribution in [0.3, 0.4) is 0 Å². The molecular formula is C20H15N3O3S. The van der Waals surface area contributed by atoms with Gasteiger partial charge in [-0.25, -0.2) is 9.78 Å². The van der Waals surface area contributed by atoms with Crippen LogP contribution in [0.25, 0.3) is 10.6 Å². The minimum absolute atomic E-state index is 0.164. The van der Waals surface area contributed by atoms with Crippen molar-refractivity contribution in [3.8, 4) is 16.6 Å². The number of nitrogens with zero attached hydrogens (tertiary/aromatic N) is 2. The van der Waals surface area contributed by atoms with Gasteiger partial charge in [-0.3, -0.25) is 4.79 Å². The molecule has 0 aliphatic rings. The third-order valence-corrected chi connectivity index (χ3v) is 4.56. The molecule has 7 heteroatoms. The van der Waals surface area contributed by atoms with Gasteiger partial charge in [0.05, 0.1) is 11.6 Å². The van der Waals surface area contributed by atoms with Crippen LogP contribution in [0.4, 0.5) is 5.69 Å². The highest BCUT2D eigenvalue weighted by atomic mass is 32.1. The van der Waals surface area contributed by atoms with Crippen LogP contribution in [0.1, 0.15) is 23.0 Å². The molecule has 134 valence electrons. The van der Waals surface area contributed by atoms with Gasteiger partial charge in [-0.15, -0.1) is 11.3 Å². The highest BCUT2D eigenvalue weighted by Crippen LogP contribution is 2.23. The second kappa shape index (κ2) is 8.25. The van der Waals surface area contributed by atoms with Crippen molar-refractivity contribution in [3.63, 3.8) is 0 Å². The number of ether oxygens (including phenoxy) is 1. The van der Waals surface area contributed by atoms with Crippen LogP contribution < -0.4 is 5.32 Å². The van der Waals surface area contributed by atoms with Gasteiger partial charge in [0.15, 0.2) is 11.8 Å². The number of rotatable bonds is 5. The van der Waals surface area contributed by atoms with Crippen LogP contribution in [0.2, 0.25) is 0 Å². The van der Waals surface area contributed by atoms with Crippen LogP contribution in [-0.4, -0.2) is 23.0 Å². The maximum Gasteiger partial charge on any atom is 0.358 e. The highest BCUT2D eigenvalue weighted by molar-refractivity contribution is 7.13. The van der Waals surface area contributed by atoms with Gasteiger partial charge in [0, 0.05) is 16.6 Å². The number of esters is 1. The maximum absolute atomic E-state index is 12.2. The van der Waals surface area contributed by atoms with E-state index in [0.29, 0.717) is 16.3 Å². The molecule has 2 aromatic carbocycles. The first-order chi connectivity index (χ1) is 13.1. The lowest BCUT2D eigenvalue weighted by Crippen LogP contribution is -2.30. The van der Waals surface area contributed by atoms with E-state index in [1.165, 1.54) is 18.3 Å². The number of thiazole rings is 1. The van der Waals surface area contributed by atoms with Gasteiger partial charge in [-0.05, 0) is 31.2 Å². The summed E-state index contributed by atoms with van der Waals surface area (Å²) >= 11 is 1.33. The number of hydrogen-bond acceptors (Lipinski definition) is 6. The molecule has 0 spiro atoms. The average Bonchev–Trinajstić information content (AvgIpc) is 3.19. The van der Waals surface area contributed by atoms with Crippen molar-refractivity contribution in [1.82, 2.24) is 4.98 Å². The minimum atomic E-state index is -0.991. The third-order valence-electron chi connectivity index (χ3n) is 3.67. The van der Waals surface area contributed by atoms with E-state index in [4.69, 9.17) is 10.00 Å². The molecule has 27 heavy (non-hydrogen) atoms. The summed E-state index contributed by atoms with van der Waals surface area (Å²) in [5.74, 6) is -1.12. The maximum atomic E-state index is 12.2. The summed E-state index contributed by atoms with van der Waals surface area (Å²) in [5.41, 5.74) is 2.08. The molecular weight excluding hydrogens is 362 g/mol. The molecule has 0 aliphatic carbocycles. The smallest absolute Gasteiger partial charge is 0.358 e. The molecule has 6 nitrogen and oxygen atoms in total. The number of benzene rings is 2. The number of carbonyl (C=O) groups is 2. The van der Waals surface area contributed by atoms with E-state index in [0.717, 1.165) is 5.56 Å². The minimum Gasteiger partial charge on any atom is -0.448 e. The number of aromatic nitrogens is 1. The van der Waals surface area contributed by atoms with Gasteiger partial charge in [-0.1, -0.05) is 30.3 Å². The Morgan fingerprint density at radius 2 is 1.85 bits per heavy atom. The zero-order valence-corrected chi connectivity index (χ0v) is 15.2. The number of nitrogens with one attached hydrogen (secondary N) is 1. The lowest BCUT2D eigenvalue weighted by Gasteiger charge is -2.12. The van der Waals surface area contributed by atoms with E-state index < -0.39 is 18.0 Å². The topological polar surface area (TPSA) is 92.1 Å². The van der Waals surface area contributed by atoms with E-state index in [-0.39, 0.29) is 5.69 Å². The van der Waals surface area contributed by atoms with Crippen LogP contribution in [0, 0.1) is 11.3 Å². The summed E-state index contributed by atoms with van der Waals surface area (Å²) in [6.45, 7) is 1.49. The van der Waals surface area contributed by atoms with E-state index in [1.54, 1.807) is 29.6 Å².